The number of nitrogens with one attached hydrogen (secondary N) is 1. The molecule has 1 saturated heterocycles. The van der Waals surface area contributed by atoms with Gasteiger partial charge in [-0.1, -0.05) is 12.1 Å². The van der Waals surface area contributed by atoms with Crippen LogP contribution >= 0.6 is 0 Å². The number of likely N-dealkylation sites (tertiary alicyclic amines) is 1. The van der Waals surface area contributed by atoms with Crippen molar-refractivity contribution in [2.75, 3.05) is 13.1 Å². The Morgan fingerprint density at radius 2 is 1.89 bits per heavy atom. The van der Waals surface area contributed by atoms with E-state index in [4.69, 9.17) is 4.74 Å². The molecule has 2 heterocycles. The van der Waals surface area contributed by atoms with Gasteiger partial charge in [0, 0.05) is 12.8 Å². The molecule has 1 N–H and O–H groups in total. The van der Waals surface area contributed by atoms with Crippen molar-refractivity contribution in [3.63, 3.8) is 0 Å². The van der Waals surface area contributed by atoms with E-state index in [9.17, 15) is 4.79 Å². The molecule has 0 radical (unpaired) electrons. The Labute approximate surface area is 114 Å². The number of hydrogen-bond acceptors (Lipinski definition) is 2. The van der Waals surface area contributed by atoms with E-state index in [1.165, 1.54) is 0 Å². The number of ketones is 1. The molecule has 0 bridgehead atoms. The third-order valence-corrected chi connectivity index (χ3v) is 4.62. The number of carbonyl (C=O) groups is 1. The van der Waals surface area contributed by atoms with Gasteiger partial charge >= 0.3 is 0 Å². The minimum Gasteiger partial charge on any atom is -0.486 e. The standard InChI is InChI=1S/C16H21NO2/c1-12(2)17-9-7-16(8-10-17)11-14(18)13-5-3-4-6-15(13)19-16/h3-6,12H,7-11H2,1-2H3/p+1. The van der Waals surface area contributed by atoms with Crippen molar-refractivity contribution >= 4 is 5.78 Å². The average molecular weight is 260 g/mol. The van der Waals surface area contributed by atoms with Gasteiger partial charge in [-0.15, -0.1) is 0 Å². The number of quaternary nitrogens is 1. The molecule has 0 amide bonds. The van der Waals surface area contributed by atoms with Crippen molar-refractivity contribution in [1.82, 2.24) is 0 Å². The van der Waals surface area contributed by atoms with E-state index in [1.807, 2.05) is 24.3 Å². The summed E-state index contributed by atoms with van der Waals surface area (Å²) in [7, 11) is 0. The van der Waals surface area contributed by atoms with Gasteiger partial charge in [0.15, 0.2) is 5.78 Å². The number of Topliss-reactive ketones (excluding diaryl/α,β-unsaturated/α-hetero) is 1. The third kappa shape index (κ3) is 2.27. The summed E-state index contributed by atoms with van der Waals surface area (Å²) in [5.74, 6) is 1.03. The Morgan fingerprint density at radius 1 is 1.21 bits per heavy atom. The molecular formula is C16H22NO2+. The molecule has 3 rings (SSSR count). The largest absolute Gasteiger partial charge is 0.486 e. The van der Waals surface area contributed by atoms with E-state index >= 15 is 0 Å². The molecular weight excluding hydrogens is 238 g/mol. The maximum absolute atomic E-state index is 12.3. The normalized spacial score (nSPS) is 30.3. The van der Waals surface area contributed by atoms with Gasteiger partial charge in [-0.25, -0.2) is 0 Å². The summed E-state index contributed by atoms with van der Waals surface area (Å²) < 4.78 is 6.22. The summed E-state index contributed by atoms with van der Waals surface area (Å²) in [5, 5.41) is 0. The summed E-state index contributed by atoms with van der Waals surface area (Å²) in [5.41, 5.74) is 0.524. The van der Waals surface area contributed by atoms with Crippen LogP contribution in [0.3, 0.4) is 0 Å². The van der Waals surface area contributed by atoms with Crippen LogP contribution in [0.15, 0.2) is 24.3 Å². The van der Waals surface area contributed by atoms with Gasteiger partial charge < -0.3 is 9.64 Å². The van der Waals surface area contributed by atoms with E-state index in [2.05, 4.69) is 13.8 Å². The average Bonchev–Trinajstić information content (AvgIpc) is 2.39. The van der Waals surface area contributed by atoms with Crippen LogP contribution in [0.2, 0.25) is 0 Å². The molecule has 1 spiro atoms. The Morgan fingerprint density at radius 3 is 2.58 bits per heavy atom. The molecule has 0 unspecified atom stereocenters. The second-order valence-corrected chi connectivity index (χ2v) is 6.19. The highest BCUT2D eigenvalue weighted by Gasteiger charge is 2.44. The first-order valence-corrected chi connectivity index (χ1v) is 7.25. The Bertz CT molecular complexity index is 487. The smallest absolute Gasteiger partial charge is 0.170 e. The molecule has 0 aromatic heterocycles. The molecule has 2 aliphatic heterocycles. The highest BCUT2D eigenvalue weighted by molar-refractivity contribution is 6.00. The monoisotopic (exact) mass is 260 g/mol. The lowest BCUT2D eigenvalue weighted by molar-refractivity contribution is -0.928. The van der Waals surface area contributed by atoms with Crippen LogP contribution in [0.25, 0.3) is 0 Å². The van der Waals surface area contributed by atoms with Crippen LogP contribution in [0.4, 0.5) is 0 Å². The first-order valence-electron chi connectivity index (χ1n) is 7.25. The second kappa shape index (κ2) is 4.64. The van der Waals surface area contributed by atoms with Gasteiger partial charge in [0.1, 0.15) is 11.4 Å². The molecule has 2 aliphatic rings. The van der Waals surface area contributed by atoms with E-state index in [0.29, 0.717) is 12.5 Å². The van der Waals surface area contributed by atoms with Crippen molar-refractivity contribution in [2.24, 2.45) is 0 Å². The van der Waals surface area contributed by atoms with Crippen molar-refractivity contribution in [3.05, 3.63) is 29.8 Å². The van der Waals surface area contributed by atoms with E-state index in [1.54, 1.807) is 4.90 Å². The Hall–Kier alpha value is -1.35. The van der Waals surface area contributed by atoms with Crippen molar-refractivity contribution in [3.8, 4) is 5.75 Å². The van der Waals surface area contributed by atoms with Crippen LogP contribution in [-0.4, -0.2) is 30.5 Å². The zero-order valence-electron chi connectivity index (χ0n) is 11.7. The molecule has 1 aromatic rings. The molecule has 0 saturated carbocycles. The molecule has 19 heavy (non-hydrogen) atoms. The molecule has 3 heteroatoms. The molecule has 3 nitrogen and oxygen atoms in total. The third-order valence-electron chi connectivity index (χ3n) is 4.62. The van der Waals surface area contributed by atoms with Gasteiger partial charge in [-0.3, -0.25) is 4.79 Å². The number of ether oxygens (including phenoxy) is 1. The number of hydrogen-bond donors (Lipinski definition) is 1. The van der Waals surface area contributed by atoms with Gasteiger partial charge in [0.25, 0.3) is 0 Å². The van der Waals surface area contributed by atoms with Crippen molar-refractivity contribution < 1.29 is 14.4 Å². The number of para-hydroxylation sites is 1. The first kappa shape index (κ1) is 12.7. The fraction of sp³-hybridized carbons (Fsp3) is 0.562. The predicted molar refractivity (Wildman–Crippen MR) is 73.8 cm³/mol. The molecule has 1 fully saturated rings. The van der Waals surface area contributed by atoms with E-state index in [0.717, 1.165) is 37.2 Å². The van der Waals surface area contributed by atoms with Gasteiger partial charge in [-0.2, -0.15) is 0 Å². The summed E-state index contributed by atoms with van der Waals surface area (Å²) in [4.78, 5) is 13.9. The highest BCUT2D eigenvalue weighted by atomic mass is 16.5. The SMILES string of the molecule is CC(C)[NH+]1CCC2(CC1)CC(=O)c1ccccc1O2. The molecule has 0 aliphatic carbocycles. The fourth-order valence-corrected chi connectivity index (χ4v) is 3.33. The molecule has 0 atom stereocenters. The van der Waals surface area contributed by atoms with Crippen LogP contribution in [-0.2, 0) is 0 Å². The van der Waals surface area contributed by atoms with E-state index < -0.39 is 0 Å². The zero-order chi connectivity index (χ0) is 13.5. The number of fused-ring (bicyclic) bond motifs is 1. The topological polar surface area (TPSA) is 30.7 Å². The van der Waals surface area contributed by atoms with Crippen molar-refractivity contribution in [1.29, 1.82) is 0 Å². The predicted octanol–water partition coefficient (Wildman–Crippen LogP) is 1.48. The van der Waals surface area contributed by atoms with Crippen LogP contribution in [0.1, 0.15) is 43.5 Å². The zero-order valence-corrected chi connectivity index (χ0v) is 11.7. The number of piperidine rings is 1. The van der Waals surface area contributed by atoms with Crippen LogP contribution < -0.4 is 9.64 Å². The maximum atomic E-state index is 12.3. The first-order chi connectivity index (χ1) is 9.10. The lowest BCUT2D eigenvalue weighted by Gasteiger charge is -2.43. The Kier molecular flexibility index (Phi) is 3.09. The number of rotatable bonds is 1. The summed E-state index contributed by atoms with van der Waals surface area (Å²) in [6.45, 7) is 6.73. The lowest BCUT2D eigenvalue weighted by Crippen LogP contribution is -3.16. The second-order valence-electron chi connectivity index (χ2n) is 6.19. The van der Waals surface area contributed by atoms with Crippen LogP contribution in [0, 0.1) is 0 Å². The number of benzene rings is 1. The van der Waals surface area contributed by atoms with Crippen LogP contribution in [0.5, 0.6) is 5.75 Å². The summed E-state index contributed by atoms with van der Waals surface area (Å²) in [6.07, 6.45) is 2.52. The Balaban J connectivity index is 1.80. The quantitative estimate of drug-likeness (QED) is 0.829. The number of carbonyl (C=O) groups excluding carboxylic acids is 1. The molecule has 102 valence electrons. The minimum atomic E-state index is -0.232. The van der Waals surface area contributed by atoms with Gasteiger partial charge in [0.05, 0.1) is 31.1 Å². The summed E-state index contributed by atoms with van der Waals surface area (Å²) >= 11 is 0. The van der Waals surface area contributed by atoms with E-state index in [-0.39, 0.29) is 11.4 Å². The lowest BCUT2D eigenvalue weighted by atomic mass is 9.82. The van der Waals surface area contributed by atoms with Gasteiger partial charge in [-0.05, 0) is 26.0 Å². The summed E-state index contributed by atoms with van der Waals surface area (Å²) in [6, 6.07) is 8.31. The fourth-order valence-electron chi connectivity index (χ4n) is 3.33. The molecule has 1 aromatic carbocycles. The van der Waals surface area contributed by atoms with Gasteiger partial charge in [0.2, 0.25) is 0 Å². The highest BCUT2D eigenvalue weighted by Crippen LogP contribution is 2.37. The van der Waals surface area contributed by atoms with Crippen molar-refractivity contribution in [2.45, 2.75) is 44.8 Å². The maximum Gasteiger partial charge on any atom is 0.170 e. The minimum absolute atomic E-state index is 0.232.